The predicted molar refractivity (Wildman–Crippen MR) is 182 cm³/mol. The van der Waals surface area contributed by atoms with Gasteiger partial charge in [0.15, 0.2) is 17.1 Å². The maximum atomic E-state index is 13.5. The fraction of sp³-hybridized carbons (Fsp3) is 0.350. The number of aliphatic hydroxyl groups is 1. The Bertz CT molecular complexity index is 2130. The van der Waals surface area contributed by atoms with Crippen molar-refractivity contribution in [2.24, 2.45) is 5.92 Å². The summed E-state index contributed by atoms with van der Waals surface area (Å²) in [7, 11) is 2.21. The van der Waals surface area contributed by atoms with E-state index in [2.05, 4.69) is 23.3 Å². The van der Waals surface area contributed by atoms with Gasteiger partial charge >= 0.3 is 5.97 Å². The third kappa shape index (κ3) is 4.07. The number of aliphatic hydroxyl groups excluding tert-OH is 1. The summed E-state index contributed by atoms with van der Waals surface area (Å²) in [5.74, 6) is 1.31. The highest BCUT2D eigenvalue weighted by atomic mass is 16.6. The summed E-state index contributed by atoms with van der Waals surface area (Å²) in [5.41, 5.74) is 2.93. The molecule has 11 heteroatoms. The Morgan fingerprint density at radius 2 is 1.73 bits per heavy atom. The lowest BCUT2D eigenvalue weighted by molar-refractivity contribution is -0.0993. The minimum atomic E-state index is -1.40. The predicted octanol–water partition coefficient (Wildman–Crippen LogP) is 4.50. The quantitative estimate of drug-likeness (QED) is 0.175. The van der Waals surface area contributed by atoms with Crippen molar-refractivity contribution in [2.45, 2.75) is 54.9 Å². The Balaban J connectivity index is 0.888. The van der Waals surface area contributed by atoms with E-state index in [0.717, 1.165) is 38.0 Å². The molecule has 4 aliphatic heterocycles. The number of nitrogens with one attached hydrogen (secondary N) is 1. The van der Waals surface area contributed by atoms with Gasteiger partial charge in [0.2, 0.25) is 0 Å². The van der Waals surface area contributed by atoms with Gasteiger partial charge in [0.1, 0.15) is 35.7 Å². The first-order valence-corrected chi connectivity index (χ1v) is 17.5. The van der Waals surface area contributed by atoms with Crippen LogP contribution >= 0.6 is 0 Å². The molecule has 1 saturated heterocycles. The van der Waals surface area contributed by atoms with E-state index in [-0.39, 0.29) is 64.7 Å². The molecule has 2 fully saturated rings. The van der Waals surface area contributed by atoms with E-state index in [1.54, 1.807) is 24.3 Å². The number of amides is 1. The molecular weight excluding hydrogens is 652 g/mol. The van der Waals surface area contributed by atoms with Crippen molar-refractivity contribution in [3.63, 3.8) is 0 Å². The van der Waals surface area contributed by atoms with Crippen LogP contribution in [0.1, 0.15) is 67.8 Å². The number of ether oxygens (including phenoxy) is 4. The van der Waals surface area contributed by atoms with Crippen molar-refractivity contribution in [1.29, 1.82) is 0 Å². The van der Waals surface area contributed by atoms with E-state index in [4.69, 9.17) is 18.9 Å². The zero-order chi connectivity index (χ0) is 34.8. The number of hydrogen-bond acceptors (Lipinski definition) is 10. The molecule has 0 radical (unpaired) electrons. The number of fused-ring (bicyclic) bond motifs is 6. The minimum absolute atomic E-state index is 0.0308. The zero-order valence-corrected chi connectivity index (χ0v) is 27.8. The second-order valence-corrected chi connectivity index (χ2v) is 14.7. The molecule has 10 rings (SSSR count). The highest BCUT2D eigenvalue weighted by Crippen LogP contribution is 2.64. The summed E-state index contributed by atoms with van der Waals surface area (Å²) in [6.45, 7) is 1.37. The number of phenolic OH excluding ortho intramolecular Hbond substituents is 2. The summed E-state index contributed by atoms with van der Waals surface area (Å²) < 4.78 is 25.0. The van der Waals surface area contributed by atoms with Crippen LogP contribution in [0.15, 0.2) is 66.7 Å². The number of carbonyl (C=O) groups is 2. The molecule has 6 aliphatic rings. The van der Waals surface area contributed by atoms with Gasteiger partial charge in [0.05, 0.1) is 18.2 Å². The summed E-state index contributed by atoms with van der Waals surface area (Å²) in [6.07, 6.45) is 2.83. The van der Waals surface area contributed by atoms with Crippen LogP contribution in [0.4, 0.5) is 0 Å². The van der Waals surface area contributed by atoms with Crippen LogP contribution in [0.3, 0.4) is 0 Å². The summed E-state index contributed by atoms with van der Waals surface area (Å²) in [6, 6.07) is 18.5. The summed E-state index contributed by atoms with van der Waals surface area (Å²) >= 11 is 0. The normalized spacial score (nSPS) is 26.9. The van der Waals surface area contributed by atoms with Gasteiger partial charge in [0, 0.05) is 51.4 Å². The van der Waals surface area contributed by atoms with E-state index in [0.29, 0.717) is 34.4 Å². The molecule has 2 bridgehead atoms. The van der Waals surface area contributed by atoms with Crippen molar-refractivity contribution in [2.75, 3.05) is 26.7 Å². The molecule has 4 N–H and O–H groups in total. The number of carbonyl (C=O) groups excluding carboxylic acids is 2. The number of rotatable bonds is 5. The third-order valence-electron chi connectivity index (χ3n) is 12.2. The Kier molecular flexibility index (Phi) is 6.37. The second kappa shape index (κ2) is 10.6. The van der Waals surface area contributed by atoms with Crippen molar-refractivity contribution < 1.29 is 43.9 Å². The molecule has 4 heterocycles. The van der Waals surface area contributed by atoms with Crippen molar-refractivity contribution in [3.05, 3.63) is 106 Å². The van der Waals surface area contributed by atoms with Crippen LogP contribution in [-0.2, 0) is 22.2 Å². The lowest BCUT2D eigenvalue weighted by Gasteiger charge is -2.58. The first kappa shape index (κ1) is 30.6. The molecule has 2 aliphatic carbocycles. The lowest BCUT2D eigenvalue weighted by atomic mass is 9.51. The fourth-order valence-electron chi connectivity index (χ4n) is 10.1. The van der Waals surface area contributed by atoms with E-state index < -0.39 is 17.7 Å². The number of aromatic hydroxyl groups is 2. The fourth-order valence-corrected chi connectivity index (χ4v) is 10.1. The van der Waals surface area contributed by atoms with E-state index in [1.807, 2.05) is 6.07 Å². The standard InChI is InChI=1S/C40H36N2O9/c1-42-14-12-39-26-9-10-30(45)36(39)50-35-31(11-3-20(34(35)39)17-29(26)42)48-15-13-41-37(46)21-2-6-25-24(16-21)38(47)51-40(25)27-7-4-22(43)18-32(27)49-33-19-23(44)5-8-28(33)40/h2-8,11,16,18-19,26,29-30,36,43-45H,9-10,12-15,17H2,1H3,(H,41,46)/t26-,29+,30-,36-,39-/m0/s1. The van der Waals surface area contributed by atoms with Crippen LogP contribution in [-0.4, -0.2) is 77.1 Å². The molecular formula is C40H36N2O9. The number of nitrogens with zero attached hydrogens (tertiary/aromatic N) is 1. The highest BCUT2D eigenvalue weighted by molar-refractivity contribution is 6.01. The molecule has 4 aromatic carbocycles. The van der Waals surface area contributed by atoms with Gasteiger partial charge in [-0.2, -0.15) is 0 Å². The molecule has 1 saturated carbocycles. The number of piperidine rings is 1. The number of phenols is 2. The SMILES string of the molecule is CN1CC[C@]23c4c5ccc(OCCNC(=O)c6ccc7c(c6)C(=O)OC76c7ccc(O)cc7Oc7cc(O)ccc76)c4O[C@H]2[C@@H](O)CC[C@H]3[C@H]1C5. The van der Waals surface area contributed by atoms with Gasteiger partial charge in [0.25, 0.3) is 5.91 Å². The van der Waals surface area contributed by atoms with E-state index >= 15 is 0 Å². The largest absolute Gasteiger partial charge is 0.508 e. The van der Waals surface area contributed by atoms with Gasteiger partial charge < -0.3 is 44.5 Å². The van der Waals surface area contributed by atoms with E-state index in [1.165, 1.54) is 41.5 Å². The van der Waals surface area contributed by atoms with E-state index in [9.17, 15) is 24.9 Å². The molecule has 1 amide bonds. The van der Waals surface area contributed by atoms with Crippen molar-refractivity contribution >= 4 is 11.9 Å². The molecule has 0 unspecified atom stereocenters. The van der Waals surface area contributed by atoms with Gasteiger partial charge in [-0.1, -0.05) is 12.1 Å². The van der Waals surface area contributed by atoms with Crippen LogP contribution in [0, 0.1) is 5.92 Å². The molecule has 51 heavy (non-hydrogen) atoms. The van der Waals surface area contributed by atoms with Crippen molar-refractivity contribution in [1.82, 2.24) is 10.2 Å². The van der Waals surface area contributed by atoms with Crippen LogP contribution in [0.25, 0.3) is 0 Å². The van der Waals surface area contributed by atoms with Crippen LogP contribution in [0.2, 0.25) is 0 Å². The average molecular weight is 689 g/mol. The molecule has 4 aromatic rings. The number of likely N-dealkylation sites (N-methyl/N-ethyl adjacent to an activating group) is 1. The molecule has 2 spiro atoms. The maximum absolute atomic E-state index is 13.5. The second-order valence-electron chi connectivity index (χ2n) is 14.7. The van der Waals surface area contributed by atoms with Crippen molar-refractivity contribution in [3.8, 4) is 34.5 Å². The summed E-state index contributed by atoms with van der Waals surface area (Å²) in [5, 5.41) is 34.3. The minimum Gasteiger partial charge on any atom is -0.508 e. The van der Waals surface area contributed by atoms with Gasteiger partial charge in [-0.15, -0.1) is 0 Å². The molecule has 0 aromatic heterocycles. The number of benzene rings is 4. The van der Waals surface area contributed by atoms with Crippen LogP contribution in [0.5, 0.6) is 34.5 Å². The zero-order valence-electron chi connectivity index (χ0n) is 27.8. The topological polar surface area (TPSA) is 147 Å². The molecule has 11 nitrogen and oxygen atoms in total. The smallest absolute Gasteiger partial charge is 0.340 e. The number of likely N-dealkylation sites (tertiary alicyclic amines) is 1. The third-order valence-corrected chi connectivity index (χ3v) is 12.2. The number of hydrogen-bond donors (Lipinski definition) is 4. The first-order chi connectivity index (χ1) is 24.7. The average Bonchev–Trinajstić information content (AvgIpc) is 3.62. The van der Waals surface area contributed by atoms with Gasteiger partial charge in [-0.3, -0.25) is 4.79 Å². The van der Waals surface area contributed by atoms with Crippen LogP contribution < -0.4 is 19.5 Å². The monoisotopic (exact) mass is 688 g/mol. The van der Waals surface area contributed by atoms with Gasteiger partial charge in [-0.05, 0) is 93.2 Å². The maximum Gasteiger partial charge on any atom is 0.340 e. The Labute approximate surface area is 293 Å². The summed E-state index contributed by atoms with van der Waals surface area (Å²) in [4.78, 5) is 29.3. The Hall–Kier alpha value is -5.26. The first-order valence-electron chi connectivity index (χ1n) is 17.5. The lowest BCUT2D eigenvalue weighted by Crippen LogP contribution is -2.66. The highest BCUT2D eigenvalue weighted by Gasteiger charge is 2.65. The van der Waals surface area contributed by atoms with Gasteiger partial charge in [-0.25, -0.2) is 4.79 Å². The Morgan fingerprint density at radius 1 is 0.980 bits per heavy atom. The Morgan fingerprint density at radius 3 is 2.49 bits per heavy atom. The molecule has 5 atom stereocenters. The number of esters is 1. The molecule has 260 valence electrons.